The smallest absolute Gasteiger partial charge is 0.293 e. The van der Waals surface area contributed by atoms with Gasteiger partial charge >= 0.3 is 0 Å². The molecule has 1 aliphatic rings. The highest BCUT2D eigenvalue weighted by Gasteiger charge is 2.34. The Balaban J connectivity index is 1.54. The highest BCUT2D eigenvalue weighted by molar-refractivity contribution is 8.18. The SMILES string of the molecule is CC(=O)NC(CC(=O)NCCN1C(=O)S/C(=C\c2ccc(Cl)cc2)C1=O)c1ccccc1. The van der Waals surface area contributed by atoms with Crippen molar-refractivity contribution >= 4 is 52.4 Å². The van der Waals surface area contributed by atoms with Crippen molar-refractivity contribution in [2.75, 3.05) is 13.1 Å². The number of hydrogen-bond acceptors (Lipinski definition) is 5. The molecule has 0 aliphatic carbocycles. The molecule has 1 unspecified atom stereocenters. The molecule has 4 amide bonds. The number of nitrogens with one attached hydrogen (secondary N) is 2. The van der Waals surface area contributed by atoms with Gasteiger partial charge in [0, 0.05) is 25.0 Å². The fourth-order valence-corrected chi connectivity index (χ4v) is 4.14. The zero-order valence-corrected chi connectivity index (χ0v) is 18.9. The number of imide groups is 1. The standard InChI is InChI=1S/C23H22ClN3O4S/c1-15(28)26-19(17-5-3-2-4-6-17)14-21(29)25-11-12-27-22(30)20(32-23(27)31)13-16-7-9-18(24)10-8-16/h2-10,13,19H,11-12,14H2,1H3,(H,25,29)(H,26,28)/b20-13-. The second-order valence-corrected chi connectivity index (χ2v) is 8.53. The predicted octanol–water partition coefficient (Wildman–Crippen LogP) is 3.76. The third-order valence-corrected chi connectivity index (χ3v) is 5.83. The van der Waals surface area contributed by atoms with Crippen LogP contribution < -0.4 is 10.6 Å². The van der Waals surface area contributed by atoms with Crippen LogP contribution in [0.5, 0.6) is 0 Å². The zero-order chi connectivity index (χ0) is 23.1. The topological polar surface area (TPSA) is 95.6 Å². The van der Waals surface area contributed by atoms with Gasteiger partial charge in [0.15, 0.2) is 0 Å². The molecule has 3 rings (SSSR count). The number of rotatable bonds is 8. The molecule has 7 nitrogen and oxygen atoms in total. The number of hydrogen-bond donors (Lipinski definition) is 2. The van der Waals surface area contributed by atoms with E-state index in [0.29, 0.717) is 9.93 Å². The predicted molar refractivity (Wildman–Crippen MR) is 125 cm³/mol. The van der Waals surface area contributed by atoms with Crippen LogP contribution in [-0.2, 0) is 14.4 Å². The van der Waals surface area contributed by atoms with Crippen LogP contribution in [0.1, 0.15) is 30.5 Å². The van der Waals surface area contributed by atoms with E-state index in [4.69, 9.17) is 11.6 Å². The van der Waals surface area contributed by atoms with E-state index in [0.717, 1.165) is 27.8 Å². The van der Waals surface area contributed by atoms with E-state index < -0.39 is 11.9 Å². The van der Waals surface area contributed by atoms with E-state index in [-0.39, 0.29) is 36.6 Å². The minimum Gasteiger partial charge on any atom is -0.354 e. The number of nitrogens with zero attached hydrogens (tertiary/aromatic N) is 1. The maximum absolute atomic E-state index is 12.6. The quantitative estimate of drug-likeness (QED) is 0.571. The zero-order valence-electron chi connectivity index (χ0n) is 17.3. The molecule has 1 atom stereocenters. The molecule has 166 valence electrons. The Labute approximate surface area is 195 Å². The second-order valence-electron chi connectivity index (χ2n) is 7.10. The fraction of sp³-hybridized carbons (Fsp3) is 0.217. The molecule has 32 heavy (non-hydrogen) atoms. The summed E-state index contributed by atoms with van der Waals surface area (Å²) >= 11 is 6.73. The van der Waals surface area contributed by atoms with Crippen molar-refractivity contribution in [3.63, 3.8) is 0 Å². The van der Waals surface area contributed by atoms with Gasteiger partial charge in [0.05, 0.1) is 17.4 Å². The first kappa shape index (κ1) is 23.6. The van der Waals surface area contributed by atoms with Crippen LogP contribution in [0.4, 0.5) is 4.79 Å². The van der Waals surface area contributed by atoms with E-state index in [9.17, 15) is 19.2 Å². The van der Waals surface area contributed by atoms with E-state index in [1.165, 1.54) is 6.92 Å². The summed E-state index contributed by atoms with van der Waals surface area (Å²) in [6, 6.07) is 15.7. The average molecular weight is 472 g/mol. The summed E-state index contributed by atoms with van der Waals surface area (Å²) in [6.07, 6.45) is 1.68. The summed E-state index contributed by atoms with van der Waals surface area (Å²) in [7, 11) is 0. The Morgan fingerprint density at radius 3 is 2.44 bits per heavy atom. The normalized spacial score (nSPS) is 15.7. The molecule has 1 heterocycles. The Morgan fingerprint density at radius 1 is 1.09 bits per heavy atom. The molecule has 2 aromatic rings. The first-order valence-corrected chi connectivity index (χ1v) is 11.1. The van der Waals surface area contributed by atoms with Gasteiger partial charge in [-0.3, -0.25) is 24.1 Å². The Hall–Kier alpha value is -3.10. The largest absolute Gasteiger partial charge is 0.354 e. The molecule has 9 heteroatoms. The molecule has 0 saturated carbocycles. The van der Waals surface area contributed by atoms with Crippen LogP contribution in [0.25, 0.3) is 6.08 Å². The molecular formula is C23H22ClN3O4S. The number of thioether (sulfide) groups is 1. The summed E-state index contributed by atoms with van der Waals surface area (Å²) in [5, 5.41) is 5.68. The van der Waals surface area contributed by atoms with Crippen molar-refractivity contribution in [1.82, 2.24) is 15.5 Å². The number of halogens is 1. The maximum atomic E-state index is 12.6. The molecule has 2 N–H and O–H groups in total. The molecule has 2 aromatic carbocycles. The van der Waals surface area contributed by atoms with Crippen LogP contribution in [0.2, 0.25) is 5.02 Å². The second kappa shape index (κ2) is 11.0. The molecule has 0 radical (unpaired) electrons. The minimum atomic E-state index is -0.465. The summed E-state index contributed by atoms with van der Waals surface area (Å²) in [5.74, 6) is -0.933. The average Bonchev–Trinajstić information content (AvgIpc) is 3.02. The summed E-state index contributed by atoms with van der Waals surface area (Å²) in [4.78, 5) is 50.2. The highest BCUT2D eigenvalue weighted by Crippen LogP contribution is 2.32. The number of carbonyl (C=O) groups excluding carboxylic acids is 4. The van der Waals surface area contributed by atoms with Crippen molar-refractivity contribution in [3.05, 3.63) is 75.7 Å². The number of carbonyl (C=O) groups is 4. The lowest BCUT2D eigenvalue weighted by molar-refractivity contribution is -0.125. The molecule has 0 bridgehead atoms. The van der Waals surface area contributed by atoms with Gasteiger partial charge in [-0.2, -0.15) is 0 Å². The minimum absolute atomic E-state index is 0.0436. The van der Waals surface area contributed by atoms with Gasteiger partial charge in [0.2, 0.25) is 11.8 Å². The van der Waals surface area contributed by atoms with Crippen LogP contribution >= 0.6 is 23.4 Å². The Bertz CT molecular complexity index is 1040. The Kier molecular flexibility index (Phi) is 8.08. The van der Waals surface area contributed by atoms with E-state index in [1.807, 2.05) is 30.3 Å². The van der Waals surface area contributed by atoms with Crippen LogP contribution in [0, 0.1) is 0 Å². The third-order valence-electron chi connectivity index (χ3n) is 4.67. The van der Waals surface area contributed by atoms with E-state index in [2.05, 4.69) is 10.6 Å². The van der Waals surface area contributed by atoms with Gasteiger partial charge in [0.25, 0.3) is 11.1 Å². The van der Waals surface area contributed by atoms with Crippen LogP contribution in [0.3, 0.4) is 0 Å². The lowest BCUT2D eigenvalue weighted by Crippen LogP contribution is -2.38. The first-order chi connectivity index (χ1) is 15.3. The summed E-state index contributed by atoms with van der Waals surface area (Å²) in [6.45, 7) is 1.57. The van der Waals surface area contributed by atoms with Crippen molar-refractivity contribution in [2.24, 2.45) is 0 Å². The highest BCUT2D eigenvalue weighted by atomic mass is 35.5. The fourth-order valence-electron chi connectivity index (χ4n) is 3.15. The molecule has 1 aliphatic heterocycles. The van der Waals surface area contributed by atoms with E-state index >= 15 is 0 Å². The first-order valence-electron chi connectivity index (χ1n) is 9.93. The van der Waals surface area contributed by atoms with Gasteiger partial charge in [-0.25, -0.2) is 0 Å². The number of amides is 4. The molecule has 1 fully saturated rings. The van der Waals surface area contributed by atoms with Crippen molar-refractivity contribution in [3.8, 4) is 0 Å². The van der Waals surface area contributed by atoms with Crippen molar-refractivity contribution in [1.29, 1.82) is 0 Å². The molecule has 0 aromatic heterocycles. The third kappa shape index (κ3) is 6.45. The summed E-state index contributed by atoms with van der Waals surface area (Å²) in [5.41, 5.74) is 1.58. The number of benzene rings is 2. The monoisotopic (exact) mass is 471 g/mol. The van der Waals surface area contributed by atoms with Crippen molar-refractivity contribution in [2.45, 2.75) is 19.4 Å². The molecular weight excluding hydrogens is 450 g/mol. The van der Waals surface area contributed by atoms with Gasteiger partial charge in [0.1, 0.15) is 0 Å². The van der Waals surface area contributed by atoms with Gasteiger partial charge in [-0.15, -0.1) is 0 Å². The lowest BCUT2D eigenvalue weighted by atomic mass is 10.0. The van der Waals surface area contributed by atoms with Gasteiger partial charge in [-0.05, 0) is 41.1 Å². The van der Waals surface area contributed by atoms with E-state index in [1.54, 1.807) is 30.3 Å². The van der Waals surface area contributed by atoms with Gasteiger partial charge < -0.3 is 10.6 Å². The summed E-state index contributed by atoms with van der Waals surface area (Å²) < 4.78 is 0. The molecule has 1 saturated heterocycles. The van der Waals surface area contributed by atoms with Crippen LogP contribution in [-0.4, -0.2) is 41.0 Å². The van der Waals surface area contributed by atoms with Gasteiger partial charge in [-0.1, -0.05) is 54.1 Å². The Morgan fingerprint density at radius 2 is 1.78 bits per heavy atom. The molecule has 0 spiro atoms. The lowest BCUT2D eigenvalue weighted by Gasteiger charge is -2.18. The van der Waals surface area contributed by atoms with Crippen LogP contribution in [0.15, 0.2) is 59.5 Å². The van der Waals surface area contributed by atoms with Crippen molar-refractivity contribution < 1.29 is 19.2 Å². The maximum Gasteiger partial charge on any atom is 0.293 e.